The maximum Gasteiger partial charge on any atom is 0.333 e. The number of nitrogens with one attached hydrogen (secondary N) is 2. The molecule has 0 saturated heterocycles. The number of anilines is 1. The number of benzene rings is 1. The van der Waals surface area contributed by atoms with Gasteiger partial charge in [0.1, 0.15) is 24.7 Å². The molecule has 3 N–H and O–H groups in total. The molecule has 3 heterocycles. The Hall–Kier alpha value is -4.39. The van der Waals surface area contributed by atoms with Crippen molar-refractivity contribution in [1.29, 1.82) is 0 Å². The van der Waals surface area contributed by atoms with Crippen molar-refractivity contribution in [1.82, 2.24) is 19.5 Å². The molecule has 0 amide bonds. The van der Waals surface area contributed by atoms with Crippen LogP contribution in [0, 0.1) is 0 Å². The van der Waals surface area contributed by atoms with Gasteiger partial charge >= 0.3 is 11.7 Å². The summed E-state index contributed by atoms with van der Waals surface area (Å²) >= 11 is 0. The number of aliphatic imine (C=N–C) groups is 1. The minimum absolute atomic E-state index is 0.0456. The maximum absolute atomic E-state index is 13.3. The summed E-state index contributed by atoms with van der Waals surface area (Å²) in [6, 6.07) is 7.19. The van der Waals surface area contributed by atoms with Crippen LogP contribution >= 0.6 is 0 Å². The summed E-state index contributed by atoms with van der Waals surface area (Å²) in [6.45, 7) is 2.78. The summed E-state index contributed by atoms with van der Waals surface area (Å²) in [6.07, 6.45) is 1.84. The lowest BCUT2D eigenvalue weighted by atomic mass is 10.1. The van der Waals surface area contributed by atoms with Gasteiger partial charge in [0, 0.05) is 5.56 Å². The first kappa shape index (κ1) is 23.8. The molecule has 0 spiro atoms. The van der Waals surface area contributed by atoms with E-state index in [0.29, 0.717) is 15.9 Å². The fourth-order valence-electron chi connectivity index (χ4n) is 3.70. The fourth-order valence-corrected chi connectivity index (χ4v) is 3.70. The third-order valence-electron chi connectivity index (χ3n) is 5.13. The van der Waals surface area contributed by atoms with Crippen molar-refractivity contribution >= 4 is 23.3 Å². The molecular weight excluding hydrogens is 460 g/mol. The number of carboxylic acids is 1. The van der Waals surface area contributed by atoms with Crippen LogP contribution in [0.1, 0.15) is 31.4 Å². The van der Waals surface area contributed by atoms with Gasteiger partial charge in [-0.25, -0.2) is 19.3 Å². The first-order valence-corrected chi connectivity index (χ1v) is 10.7. The zero-order valence-electron chi connectivity index (χ0n) is 19.2. The molecule has 1 aliphatic rings. The van der Waals surface area contributed by atoms with E-state index < -0.39 is 29.9 Å². The SMILES string of the molecule is COc1ccccc1[C@H](Cn1c2c(c(=O)n(CC(=O)O)c1=O)N=C(c1ncco1)NN2)OC(C)C. The number of carboxylic acid groups (broad SMARTS) is 1. The lowest BCUT2D eigenvalue weighted by Gasteiger charge is -2.27. The van der Waals surface area contributed by atoms with Crippen LogP contribution in [0.3, 0.4) is 0 Å². The summed E-state index contributed by atoms with van der Waals surface area (Å²) in [5.41, 5.74) is 4.35. The van der Waals surface area contributed by atoms with Gasteiger partial charge in [0.15, 0.2) is 11.5 Å². The van der Waals surface area contributed by atoms with Crippen LogP contribution in [0.15, 0.2) is 55.7 Å². The summed E-state index contributed by atoms with van der Waals surface area (Å²) in [4.78, 5) is 46.1. The number of aliphatic carboxylic acids is 1. The topological polar surface area (TPSA) is 162 Å². The summed E-state index contributed by atoms with van der Waals surface area (Å²) in [5, 5.41) is 9.32. The molecule has 13 heteroatoms. The van der Waals surface area contributed by atoms with E-state index in [9.17, 15) is 19.5 Å². The van der Waals surface area contributed by atoms with Crippen LogP contribution < -0.4 is 26.8 Å². The number of para-hydroxylation sites is 1. The number of methoxy groups -OCH3 is 1. The van der Waals surface area contributed by atoms with Crippen molar-refractivity contribution in [3.8, 4) is 5.75 Å². The third kappa shape index (κ3) is 4.80. The van der Waals surface area contributed by atoms with Gasteiger partial charge in [0.2, 0.25) is 5.84 Å². The third-order valence-corrected chi connectivity index (χ3v) is 5.13. The van der Waals surface area contributed by atoms with Crippen molar-refractivity contribution in [3.05, 3.63) is 69.0 Å². The Labute approximate surface area is 198 Å². The van der Waals surface area contributed by atoms with Crippen LogP contribution in [-0.2, 0) is 22.6 Å². The largest absolute Gasteiger partial charge is 0.496 e. The van der Waals surface area contributed by atoms with Gasteiger partial charge in [0.05, 0.1) is 26.0 Å². The number of ether oxygens (including phenoxy) is 2. The number of rotatable bonds is 9. The van der Waals surface area contributed by atoms with Crippen LogP contribution in [-0.4, -0.2) is 44.2 Å². The van der Waals surface area contributed by atoms with E-state index in [2.05, 4.69) is 20.8 Å². The summed E-state index contributed by atoms with van der Waals surface area (Å²) in [5.74, 6) is -0.570. The number of fused-ring (bicyclic) bond motifs is 1. The first-order valence-electron chi connectivity index (χ1n) is 10.7. The van der Waals surface area contributed by atoms with Gasteiger partial charge in [0.25, 0.3) is 11.4 Å². The molecule has 1 atom stereocenters. The molecule has 0 aliphatic carbocycles. The lowest BCUT2D eigenvalue weighted by Crippen LogP contribution is -2.46. The molecular formula is C22H24N6O7. The molecule has 13 nitrogen and oxygen atoms in total. The van der Waals surface area contributed by atoms with E-state index in [4.69, 9.17) is 13.9 Å². The minimum Gasteiger partial charge on any atom is -0.496 e. The Morgan fingerprint density at radius 2 is 1.97 bits per heavy atom. The average molecular weight is 484 g/mol. The maximum atomic E-state index is 13.3. The fraction of sp³-hybridized carbons (Fsp3) is 0.318. The second kappa shape index (κ2) is 9.85. The number of hydrogen-bond donors (Lipinski definition) is 3. The molecule has 4 rings (SSSR count). The molecule has 0 radical (unpaired) electrons. The molecule has 1 aliphatic heterocycles. The standard InChI is InChI=1S/C22H24N6O7/c1-12(2)35-15(13-6-4-5-7-14(13)33-3)10-27-19-17(21(31)28(22(27)32)11-16(29)30)24-18(25-26-19)20-23-8-9-34-20/h4-9,12,15,26H,10-11H2,1-3H3,(H,24,25)(H,29,30)/t15-/m0/s1. The Balaban J connectivity index is 1.89. The number of aromatic nitrogens is 3. The van der Waals surface area contributed by atoms with Crippen molar-refractivity contribution in [2.45, 2.75) is 39.1 Å². The zero-order valence-corrected chi connectivity index (χ0v) is 19.2. The van der Waals surface area contributed by atoms with Crippen molar-refractivity contribution in [3.63, 3.8) is 0 Å². The number of nitrogens with zero attached hydrogens (tertiary/aromatic N) is 4. The van der Waals surface area contributed by atoms with Crippen LogP contribution in [0.4, 0.5) is 11.5 Å². The summed E-state index contributed by atoms with van der Waals surface area (Å²) in [7, 11) is 1.52. The van der Waals surface area contributed by atoms with Crippen LogP contribution in [0.5, 0.6) is 5.75 Å². The Morgan fingerprint density at radius 1 is 1.20 bits per heavy atom. The van der Waals surface area contributed by atoms with E-state index >= 15 is 0 Å². The van der Waals surface area contributed by atoms with E-state index in [1.54, 1.807) is 18.2 Å². The van der Waals surface area contributed by atoms with Gasteiger partial charge in [-0.3, -0.25) is 25.0 Å². The summed E-state index contributed by atoms with van der Waals surface area (Å²) < 4.78 is 18.6. The van der Waals surface area contributed by atoms with Crippen molar-refractivity contribution < 1.29 is 23.8 Å². The predicted octanol–water partition coefficient (Wildman–Crippen LogP) is 1.27. The van der Waals surface area contributed by atoms with E-state index in [0.717, 1.165) is 0 Å². The second-order valence-corrected chi connectivity index (χ2v) is 7.84. The second-order valence-electron chi connectivity index (χ2n) is 7.84. The van der Waals surface area contributed by atoms with Gasteiger partial charge in [-0.1, -0.05) is 18.2 Å². The smallest absolute Gasteiger partial charge is 0.333 e. The van der Waals surface area contributed by atoms with Crippen LogP contribution in [0.2, 0.25) is 0 Å². The number of hydrogen-bond acceptors (Lipinski definition) is 10. The molecule has 35 heavy (non-hydrogen) atoms. The normalized spacial score (nSPS) is 13.4. The van der Waals surface area contributed by atoms with Gasteiger partial charge in [-0.2, -0.15) is 0 Å². The molecule has 3 aromatic rings. The molecule has 1 aromatic carbocycles. The number of carbonyl (C=O) groups is 1. The molecule has 184 valence electrons. The lowest BCUT2D eigenvalue weighted by molar-refractivity contribution is -0.137. The Kier molecular flexibility index (Phi) is 6.68. The highest BCUT2D eigenvalue weighted by atomic mass is 16.5. The minimum atomic E-state index is -1.35. The predicted molar refractivity (Wildman–Crippen MR) is 124 cm³/mol. The van der Waals surface area contributed by atoms with Crippen molar-refractivity contribution in [2.75, 3.05) is 12.5 Å². The highest BCUT2D eigenvalue weighted by Crippen LogP contribution is 2.31. The average Bonchev–Trinajstić information content (AvgIpc) is 3.38. The van der Waals surface area contributed by atoms with Gasteiger partial charge < -0.3 is 19.0 Å². The highest BCUT2D eigenvalue weighted by Gasteiger charge is 2.28. The molecule has 2 aromatic heterocycles. The molecule has 0 unspecified atom stereocenters. The Bertz CT molecular complexity index is 1370. The number of oxazole rings is 1. The molecule has 0 fully saturated rings. The first-order chi connectivity index (χ1) is 16.8. The van der Waals surface area contributed by atoms with E-state index in [1.165, 1.54) is 24.1 Å². The van der Waals surface area contributed by atoms with E-state index in [1.807, 2.05) is 19.9 Å². The zero-order chi connectivity index (χ0) is 25.1. The van der Waals surface area contributed by atoms with Gasteiger partial charge in [-0.05, 0) is 19.9 Å². The number of hydrazine groups is 1. The van der Waals surface area contributed by atoms with Crippen molar-refractivity contribution in [2.24, 2.45) is 4.99 Å². The molecule has 0 bridgehead atoms. The van der Waals surface area contributed by atoms with E-state index in [-0.39, 0.29) is 35.9 Å². The number of amidine groups is 1. The Morgan fingerprint density at radius 3 is 2.63 bits per heavy atom. The molecule has 0 saturated carbocycles. The quantitative estimate of drug-likeness (QED) is 0.403. The highest BCUT2D eigenvalue weighted by molar-refractivity contribution is 5.99. The van der Waals surface area contributed by atoms with Gasteiger partial charge in [-0.15, -0.1) is 0 Å². The monoisotopic (exact) mass is 484 g/mol. The van der Waals surface area contributed by atoms with Crippen LogP contribution in [0.25, 0.3) is 0 Å².